The third-order valence-electron chi connectivity index (χ3n) is 3.21. The van der Waals surface area contributed by atoms with Crippen LogP contribution in [0.5, 0.6) is 17.2 Å². The molecule has 0 saturated heterocycles. The smallest absolute Gasteiger partial charge is 0.165 e. The second-order valence-corrected chi connectivity index (χ2v) is 4.41. The van der Waals surface area contributed by atoms with E-state index in [4.69, 9.17) is 14.2 Å². The minimum Gasteiger partial charge on any atom is -0.494 e. The highest BCUT2D eigenvalue weighted by atomic mass is 19.1. The van der Waals surface area contributed by atoms with Gasteiger partial charge in [0.25, 0.3) is 0 Å². The van der Waals surface area contributed by atoms with Gasteiger partial charge in [-0.05, 0) is 35.4 Å². The molecule has 0 bridgehead atoms. The minimum absolute atomic E-state index is 0.137. The van der Waals surface area contributed by atoms with Gasteiger partial charge in [-0.3, -0.25) is 0 Å². The van der Waals surface area contributed by atoms with Gasteiger partial charge >= 0.3 is 0 Å². The molecule has 0 heterocycles. The largest absolute Gasteiger partial charge is 0.494 e. The first-order chi connectivity index (χ1) is 10.1. The van der Waals surface area contributed by atoms with Crippen molar-refractivity contribution >= 4 is 0 Å². The van der Waals surface area contributed by atoms with Crippen LogP contribution in [0, 0.1) is 5.82 Å². The summed E-state index contributed by atoms with van der Waals surface area (Å²) in [4.78, 5) is 0. The van der Waals surface area contributed by atoms with Crippen molar-refractivity contribution in [2.75, 3.05) is 21.3 Å². The fourth-order valence-electron chi connectivity index (χ4n) is 2.07. The summed E-state index contributed by atoms with van der Waals surface area (Å²) in [6, 6.07) is 9.40. The van der Waals surface area contributed by atoms with Gasteiger partial charge in [-0.1, -0.05) is 12.1 Å². The zero-order valence-electron chi connectivity index (χ0n) is 12.1. The zero-order chi connectivity index (χ0) is 15.4. The second kappa shape index (κ2) is 6.45. The highest BCUT2D eigenvalue weighted by Crippen LogP contribution is 2.33. The van der Waals surface area contributed by atoms with Crippen molar-refractivity contribution in [1.82, 2.24) is 0 Å². The maximum absolute atomic E-state index is 13.7. The first-order valence-electron chi connectivity index (χ1n) is 6.34. The highest BCUT2D eigenvalue weighted by molar-refractivity contribution is 5.45. The third-order valence-corrected chi connectivity index (χ3v) is 3.21. The standard InChI is InChI=1S/C16H17FO4/c1-19-13-6-4-10(8-12(13)17)16(18)11-5-7-14(20-2)15(9-11)21-3/h4-9,16,18H,1-3H3. The Labute approximate surface area is 122 Å². The molecule has 112 valence electrons. The summed E-state index contributed by atoms with van der Waals surface area (Å²) in [6.45, 7) is 0. The topological polar surface area (TPSA) is 47.9 Å². The summed E-state index contributed by atoms with van der Waals surface area (Å²) < 4.78 is 28.9. The second-order valence-electron chi connectivity index (χ2n) is 4.41. The monoisotopic (exact) mass is 292 g/mol. The average molecular weight is 292 g/mol. The Hall–Kier alpha value is -2.27. The van der Waals surface area contributed by atoms with Crippen LogP contribution in [0.25, 0.3) is 0 Å². The molecule has 5 heteroatoms. The lowest BCUT2D eigenvalue weighted by Crippen LogP contribution is -2.02. The summed E-state index contributed by atoms with van der Waals surface area (Å²) in [6.07, 6.45) is -0.967. The van der Waals surface area contributed by atoms with Crippen LogP contribution in [0.15, 0.2) is 36.4 Å². The van der Waals surface area contributed by atoms with Gasteiger partial charge in [0.15, 0.2) is 23.1 Å². The Balaban J connectivity index is 2.35. The van der Waals surface area contributed by atoms with Crippen molar-refractivity contribution in [3.05, 3.63) is 53.3 Å². The van der Waals surface area contributed by atoms with Crippen molar-refractivity contribution in [3.8, 4) is 17.2 Å². The van der Waals surface area contributed by atoms with E-state index >= 15 is 0 Å². The maximum Gasteiger partial charge on any atom is 0.165 e. The van der Waals surface area contributed by atoms with Crippen molar-refractivity contribution in [1.29, 1.82) is 0 Å². The van der Waals surface area contributed by atoms with Crippen LogP contribution < -0.4 is 14.2 Å². The molecule has 21 heavy (non-hydrogen) atoms. The van der Waals surface area contributed by atoms with Gasteiger partial charge in [-0.2, -0.15) is 0 Å². The first-order valence-corrected chi connectivity index (χ1v) is 6.34. The van der Waals surface area contributed by atoms with Crippen molar-refractivity contribution in [2.24, 2.45) is 0 Å². The molecule has 0 saturated carbocycles. The highest BCUT2D eigenvalue weighted by Gasteiger charge is 2.15. The molecule has 0 aliphatic carbocycles. The predicted octanol–water partition coefficient (Wildman–Crippen LogP) is 2.93. The Morgan fingerprint density at radius 2 is 1.33 bits per heavy atom. The summed E-state index contributed by atoms with van der Waals surface area (Å²) in [7, 11) is 4.44. The SMILES string of the molecule is COc1ccc(C(O)c2ccc(OC)c(OC)c2)cc1F. The molecule has 2 rings (SSSR count). The van der Waals surface area contributed by atoms with Crippen LogP contribution in [-0.4, -0.2) is 26.4 Å². The van der Waals surface area contributed by atoms with Crippen molar-refractivity contribution in [2.45, 2.75) is 6.10 Å². The Morgan fingerprint density at radius 3 is 1.86 bits per heavy atom. The Bertz CT molecular complexity index is 628. The fraction of sp³-hybridized carbons (Fsp3) is 0.250. The number of methoxy groups -OCH3 is 3. The van der Waals surface area contributed by atoms with Crippen LogP contribution >= 0.6 is 0 Å². The number of benzene rings is 2. The van der Waals surface area contributed by atoms with Gasteiger partial charge in [-0.15, -0.1) is 0 Å². The molecule has 4 nitrogen and oxygen atoms in total. The lowest BCUT2D eigenvalue weighted by Gasteiger charge is -2.15. The van der Waals surface area contributed by atoms with E-state index in [1.54, 1.807) is 24.3 Å². The molecular formula is C16H17FO4. The van der Waals surface area contributed by atoms with Gasteiger partial charge in [0.2, 0.25) is 0 Å². The molecule has 1 unspecified atom stereocenters. The molecular weight excluding hydrogens is 275 g/mol. The van der Waals surface area contributed by atoms with E-state index < -0.39 is 11.9 Å². The fourth-order valence-corrected chi connectivity index (χ4v) is 2.07. The molecule has 0 aliphatic rings. The van der Waals surface area contributed by atoms with Crippen LogP contribution in [0.2, 0.25) is 0 Å². The molecule has 2 aromatic carbocycles. The summed E-state index contributed by atoms with van der Waals surface area (Å²) in [5.74, 6) is 0.685. The molecule has 0 radical (unpaired) electrons. The minimum atomic E-state index is -0.967. The van der Waals surface area contributed by atoms with E-state index in [1.165, 1.54) is 33.5 Å². The third kappa shape index (κ3) is 3.08. The number of rotatable bonds is 5. The molecule has 0 amide bonds. The van der Waals surface area contributed by atoms with Gasteiger partial charge in [0.05, 0.1) is 21.3 Å². The maximum atomic E-state index is 13.7. The lowest BCUT2D eigenvalue weighted by atomic mass is 10.0. The number of aliphatic hydroxyl groups is 1. The number of aliphatic hydroxyl groups excluding tert-OH is 1. The molecule has 0 aromatic heterocycles. The van der Waals surface area contributed by atoms with Crippen LogP contribution in [0.3, 0.4) is 0 Å². The van der Waals surface area contributed by atoms with E-state index in [2.05, 4.69) is 0 Å². The van der Waals surface area contributed by atoms with Crippen LogP contribution in [0.4, 0.5) is 4.39 Å². The Morgan fingerprint density at radius 1 is 0.810 bits per heavy atom. The van der Waals surface area contributed by atoms with E-state index in [1.807, 2.05) is 0 Å². The molecule has 1 atom stereocenters. The lowest BCUT2D eigenvalue weighted by molar-refractivity contribution is 0.218. The number of ether oxygens (including phenoxy) is 3. The van der Waals surface area contributed by atoms with Crippen LogP contribution in [-0.2, 0) is 0 Å². The van der Waals surface area contributed by atoms with Gasteiger partial charge in [0.1, 0.15) is 6.10 Å². The first kappa shape index (κ1) is 15.1. The zero-order valence-corrected chi connectivity index (χ0v) is 12.1. The summed E-state index contributed by atoms with van der Waals surface area (Å²) in [5, 5.41) is 10.4. The normalized spacial score (nSPS) is 11.9. The summed E-state index contributed by atoms with van der Waals surface area (Å²) in [5.41, 5.74) is 1.01. The molecule has 0 spiro atoms. The van der Waals surface area contributed by atoms with Gasteiger partial charge in [-0.25, -0.2) is 4.39 Å². The van der Waals surface area contributed by atoms with E-state index in [9.17, 15) is 9.50 Å². The number of hydrogen-bond acceptors (Lipinski definition) is 4. The number of halogens is 1. The molecule has 0 aliphatic heterocycles. The quantitative estimate of drug-likeness (QED) is 0.920. The average Bonchev–Trinajstić information content (AvgIpc) is 2.53. The van der Waals surface area contributed by atoms with Gasteiger partial charge in [0, 0.05) is 0 Å². The van der Waals surface area contributed by atoms with Crippen molar-refractivity contribution in [3.63, 3.8) is 0 Å². The number of hydrogen-bond donors (Lipinski definition) is 1. The summed E-state index contributed by atoms with van der Waals surface area (Å²) >= 11 is 0. The van der Waals surface area contributed by atoms with E-state index in [0.717, 1.165) is 0 Å². The predicted molar refractivity (Wildman–Crippen MR) is 76.6 cm³/mol. The Kier molecular flexibility index (Phi) is 4.65. The molecule has 2 aromatic rings. The van der Waals surface area contributed by atoms with E-state index in [-0.39, 0.29) is 5.75 Å². The van der Waals surface area contributed by atoms with Crippen molar-refractivity contribution < 1.29 is 23.7 Å². The molecule has 1 N–H and O–H groups in total. The van der Waals surface area contributed by atoms with Gasteiger partial charge < -0.3 is 19.3 Å². The van der Waals surface area contributed by atoms with E-state index in [0.29, 0.717) is 22.6 Å². The van der Waals surface area contributed by atoms with Crippen LogP contribution in [0.1, 0.15) is 17.2 Å². The molecule has 0 fully saturated rings.